The summed E-state index contributed by atoms with van der Waals surface area (Å²) >= 11 is 5.99. The Bertz CT molecular complexity index is 973. The van der Waals surface area contributed by atoms with Crippen molar-refractivity contribution in [3.05, 3.63) is 71.8 Å². The van der Waals surface area contributed by atoms with Gasteiger partial charge in [0.2, 0.25) is 0 Å². The van der Waals surface area contributed by atoms with Gasteiger partial charge in [-0.25, -0.2) is 4.98 Å². The normalized spacial score (nSPS) is 11.0. The molecule has 0 saturated heterocycles. The highest BCUT2D eigenvalue weighted by molar-refractivity contribution is 6.31. The molecule has 3 aromatic carbocycles. The topological polar surface area (TPSA) is 50.9 Å². The Labute approximate surface area is 138 Å². The van der Waals surface area contributed by atoms with Gasteiger partial charge in [-0.1, -0.05) is 48.0 Å². The second-order valence-electron chi connectivity index (χ2n) is 5.38. The third-order valence-electron chi connectivity index (χ3n) is 3.86. The average molecular weight is 320 g/mol. The van der Waals surface area contributed by atoms with E-state index in [1.807, 2.05) is 48.5 Å². The van der Waals surface area contributed by atoms with Crippen LogP contribution >= 0.6 is 11.6 Å². The number of hydrogen-bond donors (Lipinski definition) is 2. The number of rotatable bonds is 2. The second kappa shape index (κ2) is 5.45. The van der Waals surface area contributed by atoms with Gasteiger partial charge in [0, 0.05) is 15.8 Å². The van der Waals surface area contributed by atoms with Crippen molar-refractivity contribution in [2.75, 3.05) is 11.1 Å². The molecule has 0 aliphatic carbocycles. The van der Waals surface area contributed by atoms with E-state index in [9.17, 15) is 0 Å². The molecule has 4 heteroatoms. The number of halogens is 1. The maximum Gasteiger partial charge on any atom is 0.0730 e. The lowest BCUT2D eigenvalue weighted by molar-refractivity contribution is 1.48. The molecule has 0 spiro atoms. The molecule has 23 heavy (non-hydrogen) atoms. The van der Waals surface area contributed by atoms with E-state index >= 15 is 0 Å². The summed E-state index contributed by atoms with van der Waals surface area (Å²) in [6.07, 6.45) is 0. The monoisotopic (exact) mass is 319 g/mol. The van der Waals surface area contributed by atoms with Gasteiger partial charge in [0.1, 0.15) is 0 Å². The third-order valence-corrected chi connectivity index (χ3v) is 4.10. The lowest BCUT2D eigenvalue weighted by Crippen LogP contribution is -1.98. The molecule has 0 atom stereocenters. The lowest BCUT2D eigenvalue weighted by Gasteiger charge is -2.14. The maximum atomic E-state index is 6.09. The summed E-state index contributed by atoms with van der Waals surface area (Å²) in [5.74, 6) is 0. The molecule has 1 heterocycles. The SMILES string of the molecule is Nc1cc(Cl)ccc1Nc1c2ccccc2nc2ccccc12. The summed E-state index contributed by atoms with van der Waals surface area (Å²) in [6.45, 7) is 0. The van der Waals surface area contributed by atoms with Crippen LogP contribution in [0.2, 0.25) is 5.02 Å². The summed E-state index contributed by atoms with van der Waals surface area (Å²) in [7, 11) is 0. The van der Waals surface area contributed by atoms with E-state index in [0.717, 1.165) is 33.2 Å². The number of benzene rings is 3. The first kappa shape index (κ1) is 13.9. The number of nitrogens with one attached hydrogen (secondary N) is 1. The Balaban J connectivity index is 1.99. The molecule has 0 bridgehead atoms. The molecule has 0 aliphatic rings. The molecule has 4 rings (SSSR count). The van der Waals surface area contributed by atoms with Crippen LogP contribution in [-0.2, 0) is 0 Å². The summed E-state index contributed by atoms with van der Waals surface area (Å²) in [5.41, 5.74) is 10.4. The zero-order valence-electron chi connectivity index (χ0n) is 12.3. The van der Waals surface area contributed by atoms with Crippen molar-refractivity contribution in [3.63, 3.8) is 0 Å². The first-order valence-corrected chi connectivity index (χ1v) is 7.70. The van der Waals surface area contributed by atoms with Gasteiger partial charge in [-0.15, -0.1) is 0 Å². The predicted molar refractivity (Wildman–Crippen MR) is 98.4 cm³/mol. The Kier molecular flexibility index (Phi) is 3.28. The summed E-state index contributed by atoms with van der Waals surface area (Å²) < 4.78 is 0. The van der Waals surface area contributed by atoms with E-state index in [-0.39, 0.29) is 0 Å². The van der Waals surface area contributed by atoms with Gasteiger partial charge in [0.05, 0.1) is 28.1 Å². The van der Waals surface area contributed by atoms with E-state index in [1.165, 1.54) is 0 Å². The fourth-order valence-corrected chi connectivity index (χ4v) is 2.94. The van der Waals surface area contributed by atoms with Crippen molar-refractivity contribution < 1.29 is 0 Å². The largest absolute Gasteiger partial charge is 0.397 e. The van der Waals surface area contributed by atoms with Gasteiger partial charge >= 0.3 is 0 Å². The molecule has 0 saturated carbocycles. The number of hydrogen-bond acceptors (Lipinski definition) is 3. The number of nitrogens with zero attached hydrogens (tertiary/aromatic N) is 1. The minimum Gasteiger partial charge on any atom is -0.397 e. The number of nitrogens with two attached hydrogens (primary N) is 1. The van der Waals surface area contributed by atoms with Crippen molar-refractivity contribution in [1.82, 2.24) is 4.98 Å². The number of anilines is 3. The van der Waals surface area contributed by atoms with Crippen molar-refractivity contribution >= 4 is 50.5 Å². The highest BCUT2D eigenvalue weighted by Crippen LogP contribution is 2.35. The maximum absolute atomic E-state index is 6.09. The number of aromatic nitrogens is 1. The van der Waals surface area contributed by atoms with Crippen molar-refractivity contribution in [2.45, 2.75) is 0 Å². The van der Waals surface area contributed by atoms with Gasteiger partial charge in [-0.3, -0.25) is 0 Å². The second-order valence-corrected chi connectivity index (χ2v) is 5.81. The Hall–Kier alpha value is -2.78. The van der Waals surface area contributed by atoms with Crippen molar-refractivity contribution in [1.29, 1.82) is 0 Å². The molecule has 3 N–H and O–H groups in total. The number of para-hydroxylation sites is 2. The Morgan fingerprint density at radius 2 is 1.43 bits per heavy atom. The smallest absolute Gasteiger partial charge is 0.0730 e. The highest BCUT2D eigenvalue weighted by atomic mass is 35.5. The highest BCUT2D eigenvalue weighted by Gasteiger charge is 2.10. The summed E-state index contributed by atoms with van der Waals surface area (Å²) in [5, 5.41) is 6.20. The molecule has 3 nitrogen and oxygen atoms in total. The van der Waals surface area contributed by atoms with Crippen LogP contribution in [0.5, 0.6) is 0 Å². The fourth-order valence-electron chi connectivity index (χ4n) is 2.76. The standard InChI is InChI=1S/C19H14ClN3/c20-12-9-10-18(15(21)11-12)23-19-13-5-1-3-7-16(13)22-17-8-4-2-6-14(17)19/h1-11H,21H2,(H,22,23). The molecule has 112 valence electrons. The van der Waals surface area contributed by atoms with Gasteiger partial charge in [0.25, 0.3) is 0 Å². The van der Waals surface area contributed by atoms with Crippen LogP contribution in [-0.4, -0.2) is 4.98 Å². The lowest BCUT2D eigenvalue weighted by atomic mass is 10.1. The van der Waals surface area contributed by atoms with Gasteiger partial charge in [0.15, 0.2) is 0 Å². The fraction of sp³-hybridized carbons (Fsp3) is 0. The molecule has 4 aromatic rings. The molecule has 0 radical (unpaired) electrons. The van der Waals surface area contributed by atoms with Crippen LogP contribution in [0.1, 0.15) is 0 Å². The quantitative estimate of drug-likeness (QED) is 0.386. The molecule has 0 fully saturated rings. The molecule has 0 aliphatic heterocycles. The molecule has 0 amide bonds. The zero-order valence-corrected chi connectivity index (χ0v) is 13.0. The van der Waals surface area contributed by atoms with Crippen LogP contribution in [0.3, 0.4) is 0 Å². The average Bonchev–Trinajstić information content (AvgIpc) is 2.56. The molecular formula is C19H14ClN3. The minimum absolute atomic E-state index is 0.613. The van der Waals surface area contributed by atoms with Crippen molar-refractivity contribution in [3.8, 4) is 0 Å². The van der Waals surface area contributed by atoms with E-state index in [4.69, 9.17) is 22.3 Å². The van der Waals surface area contributed by atoms with Gasteiger partial charge < -0.3 is 11.1 Å². The summed E-state index contributed by atoms with van der Waals surface area (Å²) in [6, 6.07) is 21.6. The van der Waals surface area contributed by atoms with E-state index in [2.05, 4.69) is 17.4 Å². The molecular weight excluding hydrogens is 306 g/mol. The first-order valence-electron chi connectivity index (χ1n) is 7.32. The van der Waals surface area contributed by atoms with Crippen molar-refractivity contribution in [2.24, 2.45) is 0 Å². The molecule has 0 unspecified atom stereocenters. The summed E-state index contributed by atoms with van der Waals surface area (Å²) in [4.78, 5) is 4.72. The van der Waals surface area contributed by atoms with E-state index < -0.39 is 0 Å². The zero-order chi connectivity index (χ0) is 15.8. The van der Waals surface area contributed by atoms with Crippen LogP contribution in [0.15, 0.2) is 66.7 Å². The number of pyridine rings is 1. The number of fused-ring (bicyclic) bond motifs is 2. The Morgan fingerprint density at radius 3 is 2.04 bits per heavy atom. The minimum atomic E-state index is 0.613. The van der Waals surface area contributed by atoms with E-state index in [1.54, 1.807) is 6.07 Å². The van der Waals surface area contributed by atoms with Gasteiger partial charge in [-0.2, -0.15) is 0 Å². The van der Waals surface area contributed by atoms with E-state index in [0.29, 0.717) is 10.7 Å². The molecule has 1 aromatic heterocycles. The first-order chi connectivity index (χ1) is 11.2. The van der Waals surface area contributed by atoms with Crippen LogP contribution < -0.4 is 11.1 Å². The van der Waals surface area contributed by atoms with Crippen LogP contribution in [0.4, 0.5) is 17.1 Å². The van der Waals surface area contributed by atoms with Crippen LogP contribution in [0, 0.1) is 0 Å². The van der Waals surface area contributed by atoms with Gasteiger partial charge in [-0.05, 0) is 30.3 Å². The Morgan fingerprint density at radius 1 is 0.826 bits per heavy atom. The number of nitrogen functional groups attached to an aromatic ring is 1. The van der Waals surface area contributed by atoms with Crippen LogP contribution in [0.25, 0.3) is 21.8 Å². The predicted octanol–water partition coefficient (Wildman–Crippen LogP) is 5.37. The third kappa shape index (κ3) is 2.45.